The van der Waals surface area contributed by atoms with Crippen LogP contribution >= 0.6 is 0 Å². The molecule has 0 unspecified atom stereocenters. The SMILES string of the molecule is CC(=O)Oc1[c]ccc(N)c1. The molecule has 3 heteroatoms. The van der Waals surface area contributed by atoms with E-state index in [9.17, 15) is 4.79 Å². The van der Waals surface area contributed by atoms with Gasteiger partial charge in [0.1, 0.15) is 5.75 Å². The Morgan fingerprint density at radius 1 is 1.73 bits per heavy atom. The van der Waals surface area contributed by atoms with Gasteiger partial charge in [0.25, 0.3) is 0 Å². The molecule has 1 aromatic rings. The van der Waals surface area contributed by atoms with Crippen LogP contribution in [0.4, 0.5) is 5.69 Å². The Morgan fingerprint density at radius 2 is 2.45 bits per heavy atom. The second-order valence-electron chi connectivity index (χ2n) is 2.08. The molecule has 0 fully saturated rings. The minimum Gasteiger partial charge on any atom is -0.426 e. The first kappa shape index (κ1) is 7.60. The van der Waals surface area contributed by atoms with E-state index < -0.39 is 0 Å². The van der Waals surface area contributed by atoms with Crippen molar-refractivity contribution in [3.63, 3.8) is 0 Å². The fourth-order valence-electron chi connectivity index (χ4n) is 0.675. The van der Waals surface area contributed by atoms with Gasteiger partial charge in [0.2, 0.25) is 0 Å². The van der Waals surface area contributed by atoms with E-state index in [0.717, 1.165) is 0 Å². The highest BCUT2D eigenvalue weighted by molar-refractivity contribution is 5.69. The van der Waals surface area contributed by atoms with E-state index in [4.69, 9.17) is 10.5 Å². The zero-order valence-corrected chi connectivity index (χ0v) is 6.13. The van der Waals surface area contributed by atoms with Crippen LogP contribution in [0.1, 0.15) is 6.92 Å². The first-order chi connectivity index (χ1) is 5.18. The number of anilines is 1. The quantitative estimate of drug-likeness (QED) is 0.369. The third-order valence-corrected chi connectivity index (χ3v) is 1.05. The van der Waals surface area contributed by atoms with E-state index in [0.29, 0.717) is 11.4 Å². The van der Waals surface area contributed by atoms with Gasteiger partial charge in [0.15, 0.2) is 0 Å². The second kappa shape index (κ2) is 3.05. The van der Waals surface area contributed by atoms with Crippen LogP contribution in [0.15, 0.2) is 18.2 Å². The van der Waals surface area contributed by atoms with Crippen LogP contribution in [0.5, 0.6) is 5.75 Å². The number of carbonyl (C=O) groups excluding carboxylic acids is 1. The molecule has 1 radical (unpaired) electrons. The van der Waals surface area contributed by atoms with Gasteiger partial charge in [0, 0.05) is 24.7 Å². The lowest BCUT2D eigenvalue weighted by atomic mass is 10.3. The van der Waals surface area contributed by atoms with Crippen LogP contribution in [0.3, 0.4) is 0 Å². The molecule has 0 saturated carbocycles. The summed E-state index contributed by atoms with van der Waals surface area (Å²) in [5, 5.41) is 0. The Balaban J connectivity index is 2.79. The predicted octanol–water partition coefficient (Wildman–Crippen LogP) is 0.994. The Labute approximate surface area is 64.8 Å². The molecule has 0 spiro atoms. The average molecular weight is 150 g/mol. The van der Waals surface area contributed by atoms with Crippen LogP contribution in [-0.2, 0) is 4.79 Å². The molecule has 11 heavy (non-hydrogen) atoms. The third-order valence-electron chi connectivity index (χ3n) is 1.05. The molecule has 0 amide bonds. The monoisotopic (exact) mass is 150 g/mol. The van der Waals surface area contributed by atoms with Crippen molar-refractivity contribution in [2.75, 3.05) is 5.73 Å². The third kappa shape index (κ3) is 2.29. The van der Waals surface area contributed by atoms with Crippen LogP contribution < -0.4 is 10.5 Å². The van der Waals surface area contributed by atoms with Crippen molar-refractivity contribution < 1.29 is 9.53 Å². The van der Waals surface area contributed by atoms with Crippen LogP contribution in [0.2, 0.25) is 0 Å². The molecule has 2 N–H and O–H groups in total. The van der Waals surface area contributed by atoms with Gasteiger partial charge in [-0.25, -0.2) is 0 Å². The molecule has 0 aromatic heterocycles. The summed E-state index contributed by atoms with van der Waals surface area (Å²) in [4.78, 5) is 10.4. The lowest BCUT2D eigenvalue weighted by Gasteiger charge is -1.99. The van der Waals surface area contributed by atoms with Crippen molar-refractivity contribution in [3.05, 3.63) is 24.3 Å². The molecule has 0 aliphatic heterocycles. The fraction of sp³-hybridized carbons (Fsp3) is 0.125. The molecule has 0 saturated heterocycles. The van der Waals surface area contributed by atoms with Crippen molar-refractivity contribution in [1.29, 1.82) is 0 Å². The highest BCUT2D eigenvalue weighted by Gasteiger charge is 1.96. The molecule has 0 aliphatic rings. The average Bonchev–Trinajstić information content (AvgIpc) is 1.85. The number of benzene rings is 1. The summed E-state index contributed by atoms with van der Waals surface area (Å²) >= 11 is 0. The maximum absolute atomic E-state index is 10.4. The van der Waals surface area contributed by atoms with Gasteiger partial charge in [-0.3, -0.25) is 4.79 Å². The number of ether oxygens (including phenoxy) is 1. The molecule has 1 aromatic carbocycles. The minimum atomic E-state index is -0.369. The fourth-order valence-corrected chi connectivity index (χ4v) is 0.675. The van der Waals surface area contributed by atoms with Crippen LogP contribution in [-0.4, -0.2) is 5.97 Å². The van der Waals surface area contributed by atoms with E-state index in [2.05, 4.69) is 6.07 Å². The van der Waals surface area contributed by atoms with Crippen LogP contribution in [0, 0.1) is 6.07 Å². The Hall–Kier alpha value is -1.51. The molecular weight excluding hydrogens is 142 g/mol. The highest BCUT2D eigenvalue weighted by Crippen LogP contribution is 2.13. The molecule has 0 aliphatic carbocycles. The number of rotatable bonds is 1. The van der Waals surface area contributed by atoms with Gasteiger partial charge >= 0.3 is 5.97 Å². The predicted molar refractivity (Wildman–Crippen MR) is 41.0 cm³/mol. The number of carbonyl (C=O) groups is 1. The topological polar surface area (TPSA) is 52.3 Å². The molecule has 57 valence electrons. The maximum atomic E-state index is 10.4. The first-order valence-electron chi connectivity index (χ1n) is 3.14. The highest BCUT2D eigenvalue weighted by atomic mass is 16.5. The number of nitrogens with two attached hydrogens (primary N) is 1. The summed E-state index contributed by atoms with van der Waals surface area (Å²) in [6.07, 6.45) is 0. The van der Waals surface area contributed by atoms with E-state index in [1.54, 1.807) is 18.2 Å². The second-order valence-corrected chi connectivity index (χ2v) is 2.08. The summed E-state index contributed by atoms with van der Waals surface area (Å²) in [5.74, 6) is -0.00986. The van der Waals surface area contributed by atoms with Crippen LogP contribution in [0.25, 0.3) is 0 Å². The van der Waals surface area contributed by atoms with E-state index in [-0.39, 0.29) is 5.97 Å². The molecular formula is C8H8NO2. The van der Waals surface area contributed by atoms with Gasteiger partial charge in [-0.1, -0.05) is 0 Å². The van der Waals surface area contributed by atoms with Crippen molar-refractivity contribution in [2.24, 2.45) is 0 Å². The number of hydrogen-bond acceptors (Lipinski definition) is 3. The number of nitrogen functional groups attached to an aromatic ring is 1. The molecule has 0 atom stereocenters. The van der Waals surface area contributed by atoms with Gasteiger partial charge in [-0.2, -0.15) is 0 Å². The van der Waals surface area contributed by atoms with E-state index in [1.165, 1.54) is 6.92 Å². The zero-order valence-electron chi connectivity index (χ0n) is 6.13. The summed E-state index contributed by atoms with van der Waals surface area (Å²) in [6, 6.07) is 7.54. The maximum Gasteiger partial charge on any atom is 0.308 e. The summed E-state index contributed by atoms with van der Waals surface area (Å²) in [7, 11) is 0. The molecule has 1 rings (SSSR count). The van der Waals surface area contributed by atoms with Gasteiger partial charge in [0.05, 0.1) is 0 Å². The largest absolute Gasteiger partial charge is 0.426 e. The van der Waals surface area contributed by atoms with Gasteiger partial charge in [-0.05, 0) is 12.1 Å². The Kier molecular flexibility index (Phi) is 2.11. The zero-order chi connectivity index (χ0) is 8.27. The van der Waals surface area contributed by atoms with Gasteiger partial charge in [-0.15, -0.1) is 0 Å². The van der Waals surface area contributed by atoms with E-state index in [1.807, 2.05) is 0 Å². The van der Waals surface area contributed by atoms with Crippen molar-refractivity contribution in [3.8, 4) is 5.75 Å². The van der Waals surface area contributed by atoms with Gasteiger partial charge < -0.3 is 10.5 Å². The normalized spacial score (nSPS) is 9.18. The van der Waals surface area contributed by atoms with Crippen molar-refractivity contribution in [1.82, 2.24) is 0 Å². The summed E-state index contributed by atoms with van der Waals surface area (Å²) < 4.78 is 4.72. The first-order valence-corrected chi connectivity index (χ1v) is 3.14. The standard InChI is InChI=1S/C8H8NO2/c1-6(10)11-8-4-2-3-7(9)5-8/h2-3,5H,9H2,1H3. The number of hydrogen-bond donors (Lipinski definition) is 1. The molecule has 0 heterocycles. The summed E-state index contributed by atoms with van der Waals surface area (Å²) in [5.41, 5.74) is 5.98. The van der Waals surface area contributed by atoms with E-state index >= 15 is 0 Å². The lowest BCUT2D eigenvalue weighted by molar-refractivity contribution is -0.131. The minimum absolute atomic E-state index is 0.359. The molecule has 3 nitrogen and oxygen atoms in total. The Morgan fingerprint density at radius 3 is 3.00 bits per heavy atom. The molecule has 0 bridgehead atoms. The van der Waals surface area contributed by atoms with Crippen molar-refractivity contribution in [2.45, 2.75) is 6.92 Å². The number of esters is 1. The summed E-state index contributed by atoms with van der Waals surface area (Å²) in [6.45, 7) is 1.33. The van der Waals surface area contributed by atoms with Crippen molar-refractivity contribution >= 4 is 11.7 Å². The Bertz CT molecular complexity index is 271. The lowest BCUT2D eigenvalue weighted by Crippen LogP contribution is -2.01. The smallest absolute Gasteiger partial charge is 0.308 e.